The number of carbonyl (C=O) groups is 1. The molecule has 5 nitrogen and oxygen atoms in total. The van der Waals surface area contributed by atoms with Crippen LogP contribution < -0.4 is 10.7 Å². The highest BCUT2D eigenvalue weighted by Crippen LogP contribution is 2.20. The number of rotatable bonds is 8. The summed E-state index contributed by atoms with van der Waals surface area (Å²) in [5.41, 5.74) is 5.45. The quantitative estimate of drug-likeness (QED) is 0.226. The number of nitrogens with one attached hydrogen (secondary N) is 2. The van der Waals surface area contributed by atoms with E-state index in [2.05, 4.69) is 29.8 Å². The molecule has 2 aromatic rings. The van der Waals surface area contributed by atoms with E-state index < -0.39 is 5.97 Å². The van der Waals surface area contributed by atoms with Crippen LogP contribution in [0.2, 0.25) is 0 Å². The van der Waals surface area contributed by atoms with E-state index in [1.807, 2.05) is 53.4 Å². The first-order valence-corrected chi connectivity index (χ1v) is 8.85. The third-order valence-corrected chi connectivity index (χ3v) is 4.20. The van der Waals surface area contributed by atoms with Gasteiger partial charge < -0.3 is 5.11 Å². The number of benzene rings is 2. The summed E-state index contributed by atoms with van der Waals surface area (Å²) < 4.78 is 1.81. The van der Waals surface area contributed by atoms with E-state index in [9.17, 15) is 4.79 Å². The van der Waals surface area contributed by atoms with Crippen LogP contribution in [0.25, 0.3) is 0 Å². The number of nitrogens with zero attached hydrogens (tertiary/aromatic N) is 1. The molecule has 0 spiro atoms. The summed E-state index contributed by atoms with van der Waals surface area (Å²) in [5.74, 6) is -0.903. The van der Waals surface area contributed by atoms with E-state index in [4.69, 9.17) is 5.11 Å². The zero-order chi connectivity index (χ0) is 17.4. The highest BCUT2D eigenvalue weighted by molar-refractivity contribution is 7.98. The molecule has 0 aliphatic carbocycles. The zero-order valence-corrected chi connectivity index (χ0v) is 14.6. The minimum absolute atomic E-state index is 0.0642. The molecule has 24 heavy (non-hydrogen) atoms. The van der Waals surface area contributed by atoms with Crippen molar-refractivity contribution in [3.63, 3.8) is 0 Å². The molecule has 6 heteroatoms. The standard InChI is InChI=1S/C18H21N3O2S/c1-14(15-6-4-3-5-7-15)20-21(13-19-12-18(22)23)16-8-10-17(24-2)11-9-16/h3-11,13-14,20H,12H2,1-2H3,(H,22,23)/p+1/t14-/m0/s1. The van der Waals surface area contributed by atoms with Gasteiger partial charge in [0.15, 0.2) is 12.2 Å². The van der Waals surface area contributed by atoms with Crippen molar-refractivity contribution in [1.82, 2.24) is 10.7 Å². The molecule has 0 radical (unpaired) electrons. The number of aliphatic carboxylic acids is 1. The van der Waals surface area contributed by atoms with Gasteiger partial charge in [-0.15, -0.1) is 16.4 Å². The number of hydrazine groups is 1. The molecule has 0 heterocycles. The van der Waals surface area contributed by atoms with E-state index in [1.165, 1.54) is 4.90 Å². The van der Waals surface area contributed by atoms with Crippen LogP contribution in [0, 0.1) is 0 Å². The van der Waals surface area contributed by atoms with Gasteiger partial charge in [-0.25, -0.2) is 10.2 Å². The van der Waals surface area contributed by atoms with Crippen molar-refractivity contribution in [1.29, 1.82) is 0 Å². The first-order valence-electron chi connectivity index (χ1n) is 7.63. The number of hydrazone groups is 1. The van der Waals surface area contributed by atoms with Gasteiger partial charge in [-0.2, -0.15) is 0 Å². The molecule has 0 saturated carbocycles. The number of hydrogen-bond donors (Lipinski definition) is 3. The average molecular weight is 344 g/mol. The second kappa shape index (κ2) is 8.98. The molecule has 3 N–H and O–H groups in total. The third-order valence-electron chi connectivity index (χ3n) is 3.46. The van der Waals surface area contributed by atoms with Crippen LogP contribution in [0.5, 0.6) is 0 Å². The highest BCUT2D eigenvalue weighted by Gasteiger charge is 2.12. The molecule has 0 bridgehead atoms. The Morgan fingerprint density at radius 2 is 1.88 bits per heavy atom. The van der Waals surface area contributed by atoms with Crippen molar-refractivity contribution in [2.45, 2.75) is 17.9 Å². The fourth-order valence-corrected chi connectivity index (χ4v) is 2.59. The van der Waals surface area contributed by atoms with Crippen molar-refractivity contribution >= 4 is 29.8 Å². The molecule has 0 amide bonds. The summed E-state index contributed by atoms with van der Waals surface area (Å²) in [7, 11) is 0. The molecular weight excluding hydrogens is 322 g/mol. The predicted molar refractivity (Wildman–Crippen MR) is 97.8 cm³/mol. The lowest BCUT2D eigenvalue weighted by molar-refractivity contribution is -0.512. The summed E-state index contributed by atoms with van der Waals surface area (Å²) in [6.07, 6.45) is 3.67. The van der Waals surface area contributed by atoms with Gasteiger partial charge in [-0.05, 0) is 43.0 Å². The minimum atomic E-state index is -0.903. The normalized spacial score (nSPS) is 12.5. The van der Waals surface area contributed by atoms with Crippen LogP contribution in [-0.4, -0.2) is 34.9 Å². The topological polar surface area (TPSA) is 64.4 Å². The van der Waals surface area contributed by atoms with Crippen molar-refractivity contribution in [2.24, 2.45) is 0 Å². The Bertz CT molecular complexity index is 687. The van der Waals surface area contributed by atoms with E-state index >= 15 is 0 Å². The number of thioether (sulfide) groups is 1. The number of hydrogen-bond acceptors (Lipinski definition) is 3. The van der Waals surface area contributed by atoms with Gasteiger partial charge in [0.25, 0.3) is 6.34 Å². The molecular formula is C18H22N3O2S+. The molecule has 0 aromatic heterocycles. The first-order chi connectivity index (χ1) is 11.6. The molecule has 2 rings (SSSR count). The van der Waals surface area contributed by atoms with Crippen LogP contribution >= 0.6 is 11.8 Å². The largest absolute Gasteiger partial charge is 0.478 e. The fraction of sp³-hybridized carbons (Fsp3) is 0.222. The molecule has 126 valence electrons. The monoisotopic (exact) mass is 344 g/mol. The summed E-state index contributed by atoms with van der Waals surface area (Å²) >= 11 is 1.68. The molecule has 0 aliphatic rings. The molecule has 2 aromatic carbocycles. The van der Waals surface area contributed by atoms with Crippen molar-refractivity contribution < 1.29 is 14.6 Å². The number of carboxylic acid groups (broad SMARTS) is 1. The number of carboxylic acids is 1. The maximum absolute atomic E-state index is 10.7. The molecule has 0 saturated heterocycles. The Labute approximate surface area is 146 Å². The zero-order valence-electron chi connectivity index (χ0n) is 13.8. The Morgan fingerprint density at radius 3 is 2.46 bits per heavy atom. The lowest BCUT2D eigenvalue weighted by Gasteiger charge is -2.16. The van der Waals surface area contributed by atoms with E-state index in [0.717, 1.165) is 11.3 Å². The lowest BCUT2D eigenvalue weighted by Crippen LogP contribution is -2.34. The van der Waals surface area contributed by atoms with Crippen LogP contribution in [-0.2, 0) is 4.79 Å². The Hall–Kier alpha value is -2.47. The summed E-state index contributed by atoms with van der Waals surface area (Å²) in [4.78, 5) is 11.9. The summed E-state index contributed by atoms with van der Waals surface area (Å²) in [6.45, 7) is 1.92. The van der Waals surface area contributed by atoms with Gasteiger partial charge in [0, 0.05) is 4.90 Å². The van der Waals surface area contributed by atoms with Gasteiger partial charge in [0.2, 0.25) is 0 Å². The lowest BCUT2D eigenvalue weighted by atomic mass is 10.1. The van der Waals surface area contributed by atoms with Crippen molar-refractivity contribution in [3.05, 3.63) is 60.2 Å². The van der Waals surface area contributed by atoms with E-state index in [-0.39, 0.29) is 12.6 Å². The summed E-state index contributed by atoms with van der Waals surface area (Å²) in [6, 6.07) is 18.2. The molecule has 0 aliphatic heterocycles. The Balaban J connectivity index is 2.19. The molecule has 0 fully saturated rings. The first kappa shape index (κ1) is 17.9. The van der Waals surface area contributed by atoms with Crippen LogP contribution in [0.1, 0.15) is 18.5 Å². The van der Waals surface area contributed by atoms with E-state index in [0.29, 0.717) is 0 Å². The second-order valence-electron chi connectivity index (χ2n) is 5.23. The van der Waals surface area contributed by atoms with Gasteiger partial charge in [0.05, 0.1) is 6.04 Å². The highest BCUT2D eigenvalue weighted by atomic mass is 32.2. The van der Waals surface area contributed by atoms with Crippen LogP contribution in [0.15, 0.2) is 59.5 Å². The van der Waals surface area contributed by atoms with Crippen LogP contribution in [0.4, 0.5) is 5.69 Å². The molecule has 0 unspecified atom stereocenters. The van der Waals surface area contributed by atoms with Crippen molar-refractivity contribution in [3.8, 4) is 0 Å². The molecule has 1 atom stereocenters. The van der Waals surface area contributed by atoms with Gasteiger partial charge in [0.1, 0.15) is 0 Å². The van der Waals surface area contributed by atoms with Crippen molar-refractivity contribution in [2.75, 3.05) is 12.8 Å². The Kier molecular flexibility index (Phi) is 6.69. The summed E-state index contributed by atoms with van der Waals surface area (Å²) in [5, 5.41) is 11.6. The third kappa shape index (κ3) is 5.31. The van der Waals surface area contributed by atoms with Crippen LogP contribution in [0.3, 0.4) is 0 Å². The average Bonchev–Trinajstić information content (AvgIpc) is 2.61. The SMILES string of the molecule is CSc1ccc([N+](=CNCC(=O)O)N[C@@H](C)c2ccccc2)cc1. The fourth-order valence-electron chi connectivity index (χ4n) is 2.18. The maximum Gasteiger partial charge on any atom is 0.345 e. The Morgan fingerprint density at radius 1 is 1.21 bits per heavy atom. The maximum atomic E-state index is 10.7. The van der Waals surface area contributed by atoms with E-state index in [1.54, 1.807) is 18.1 Å². The van der Waals surface area contributed by atoms with Gasteiger partial charge >= 0.3 is 5.97 Å². The smallest absolute Gasteiger partial charge is 0.345 e. The minimum Gasteiger partial charge on any atom is -0.478 e. The predicted octanol–water partition coefficient (Wildman–Crippen LogP) is 3.02. The second-order valence-corrected chi connectivity index (χ2v) is 6.11. The van der Waals surface area contributed by atoms with Gasteiger partial charge in [-0.3, -0.25) is 5.32 Å². The van der Waals surface area contributed by atoms with Gasteiger partial charge in [-0.1, -0.05) is 30.3 Å².